The van der Waals surface area contributed by atoms with Crippen molar-refractivity contribution in [3.8, 4) is 0 Å². The summed E-state index contributed by atoms with van der Waals surface area (Å²) in [5, 5.41) is 3.19. The van der Waals surface area contributed by atoms with Gasteiger partial charge in [-0.2, -0.15) is 0 Å². The third kappa shape index (κ3) is 5.18. The van der Waals surface area contributed by atoms with Gasteiger partial charge in [-0.3, -0.25) is 4.79 Å². The molecule has 0 aliphatic carbocycles. The van der Waals surface area contributed by atoms with Gasteiger partial charge in [-0.15, -0.1) is 0 Å². The van der Waals surface area contributed by atoms with Gasteiger partial charge >= 0.3 is 12.1 Å². The third-order valence-electron chi connectivity index (χ3n) is 2.66. The second kappa shape index (κ2) is 7.63. The van der Waals surface area contributed by atoms with Gasteiger partial charge in [-0.1, -0.05) is 23.7 Å². The van der Waals surface area contributed by atoms with Gasteiger partial charge in [0.2, 0.25) is 0 Å². The molecule has 0 unspecified atom stereocenters. The van der Waals surface area contributed by atoms with E-state index in [1.54, 1.807) is 12.1 Å². The van der Waals surface area contributed by atoms with Crippen molar-refractivity contribution >= 4 is 23.7 Å². The molecule has 1 atom stereocenters. The molecule has 0 saturated carbocycles. The van der Waals surface area contributed by atoms with E-state index in [9.17, 15) is 9.59 Å². The standard InChI is InChI=1S/C13H16ClNO4/c1-18-12(16)7-10(8-15-13(17)19-2)9-3-5-11(14)6-4-9/h3-6,10H,7-8H2,1-2H3,(H,15,17)/t10-/m1/s1. The first-order valence-corrected chi connectivity index (χ1v) is 6.08. The van der Waals surface area contributed by atoms with E-state index in [0.29, 0.717) is 5.02 Å². The lowest BCUT2D eigenvalue weighted by molar-refractivity contribution is -0.141. The molecule has 0 aliphatic rings. The minimum atomic E-state index is -0.538. The largest absolute Gasteiger partial charge is 0.469 e. The molecule has 19 heavy (non-hydrogen) atoms. The number of hydrogen-bond donors (Lipinski definition) is 1. The Labute approximate surface area is 116 Å². The summed E-state index contributed by atoms with van der Waals surface area (Å²) in [6.07, 6.45) is -0.369. The Morgan fingerprint density at radius 3 is 2.37 bits per heavy atom. The third-order valence-corrected chi connectivity index (χ3v) is 2.91. The number of alkyl carbamates (subject to hydrolysis) is 1. The lowest BCUT2D eigenvalue weighted by atomic mass is 9.96. The predicted molar refractivity (Wildman–Crippen MR) is 71.2 cm³/mol. The molecule has 0 radical (unpaired) electrons. The molecule has 0 heterocycles. The second-order valence-electron chi connectivity index (χ2n) is 3.90. The highest BCUT2D eigenvalue weighted by atomic mass is 35.5. The van der Waals surface area contributed by atoms with Gasteiger partial charge < -0.3 is 14.8 Å². The maximum Gasteiger partial charge on any atom is 0.406 e. The number of amides is 1. The molecular weight excluding hydrogens is 270 g/mol. The summed E-state index contributed by atoms with van der Waals surface area (Å²) in [6, 6.07) is 7.10. The average molecular weight is 286 g/mol. The fourth-order valence-corrected chi connectivity index (χ4v) is 1.73. The van der Waals surface area contributed by atoms with Crippen molar-refractivity contribution < 1.29 is 19.1 Å². The maximum atomic E-state index is 11.4. The predicted octanol–water partition coefficient (Wildman–Crippen LogP) is 2.34. The summed E-state index contributed by atoms with van der Waals surface area (Å²) in [5.41, 5.74) is 0.895. The van der Waals surface area contributed by atoms with Crippen LogP contribution in [0.1, 0.15) is 17.9 Å². The zero-order valence-corrected chi connectivity index (χ0v) is 11.6. The maximum absolute atomic E-state index is 11.4. The summed E-state index contributed by atoms with van der Waals surface area (Å²) in [7, 11) is 2.61. The highest BCUT2D eigenvalue weighted by Crippen LogP contribution is 2.21. The lowest BCUT2D eigenvalue weighted by Gasteiger charge is -2.16. The molecule has 1 amide bonds. The van der Waals surface area contributed by atoms with E-state index in [-0.39, 0.29) is 24.9 Å². The van der Waals surface area contributed by atoms with Crippen molar-refractivity contribution in [3.05, 3.63) is 34.9 Å². The minimum Gasteiger partial charge on any atom is -0.469 e. The number of benzene rings is 1. The molecule has 1 aromatic rings. The Balaban J connectivity index is 2.76. The molecule has 104 valence electrons. The number of methoxy groups -OCH3 is 2. The van der Waals surface area contributed by atoms with Crippen molar-refractivity contribution in [3.63, 3.8) is 0 Å². The Bertz CT molecular complexity index is 433. The summed E-state index contributed by atoms with van der Waals surface area (Å²) in [4.78, 5) is 22.5. The van der Waals surface area contributed by atoms with Crippen LogP contribution in [0, 0.1) is 0 Å². The van der Waals surface area contributed by atoms with E-state index in [1.165, 1.54) is 14.2 Å². The van der Waals surface area contributed by atoms with Gasteiger partial charge in [0.1, 0.15) is 0 Å². The van der Waals surface area contributed by atoms with Gasteiger partial charge in [0, 0.05) is 17.5 Å². The van der Waals surface area contributed by atoms with Crippen LogP contribution in [0.3, 0.4) is 0 Å². The van der Waals surface area contributed by atoms with E-state index < -0.39 is 6.09 Å². The molecule has 0 saturated heterocycles. The molecule has 0 aromatic heterocycles. The van der Waals surface area contributed by atoms with E-state index in [4.69, 9.17) is 11.6 Å². The first kappa shape index (κ1) is 15.3. The van der Waals surface area contributed by atoms with Gasteiger partial charge in [-0.05, 0) is 17.7 Å². The van der Waals surface area contributed by atoms with E-state index in [2.05, 4.69) is 14.8 Å². The number of carbonyl (C=O) groups is 2. The van der Waals surface area contributed by atoms with Crippen molar-refractivity contribution in [2.75, 3.05) is 20.8 Å². The van der Waals surface area contributed by atoms with Gasteiger partial charge in [0.05, 0.1) is 20.6 Å². The van der Waals surface area contributed by atoms with Crippen molar-refractivity contribution in [2.24, 2.45) is 0 Å². The molecule has 5 nitrogen and oxygen atoms in total. The van der Waals surface area contributed by atoms with E-state index in [1.807, 2.05) is 12.1 Å². The van der Waals surface area contributed by atoms with Gasteiger partial charge in [0.15, 0.2) is 0 Å². The number of carbonyl (C=O) groups excluding carboxylic acids is 2. The molecule has 0 fully saturated rings. The van der Waals surface area contributed by atoms with Crippen LogP contribution in [0.5, 0.6) is 0 Å². The average Bonchev–Trinajstić information content (AvgIpc) is 2.43. The Hall–Kier alpha value is -1.75. The normalized spacial score (nSPS) is 11.5. The zero-order valence-electron chi connectivity index (χ0n) is 10.8. The van der Waals surface area contributed by atoms with Gasteiger partial charge in [-0.25, -0.2) is 4.79 Å². The first-order valence-electron chi connectivity index (χ1n) is 5.71. The van der Waals surface area contributed by atoms with Crippen LogP contribution in [-0.2, 0) is 14.3 Å². The van der Waals surface area contributed by atoms with Crippen LogP contribution in [0.2, 0.25) is 5.02 Å². The quantitative estimate of drug-likeness (QED) is 0.844. The summed E-state index contributed by atoms with van der Waals surface area (Å²) in [6.45, 7) is 0.281. The molecular formula is C13H16ClNO4. The summed E-state index contributed by atoms with van der Waals surface area (Å²) in [5.74, 6) is -0.532. The molecule has 0 bridgehead atoms. The smallest absolute Gasteiger partial charge is 0.406 e. The fourth-order valence-electron chi connectivity index (χ4n) is 1.61. The molecule has 6 heteroatoms. The molecule has 1 rings (SSSR count). The zero-order chi connectivity index (χ0) is 14.3. The van der Waals surface area contributed by atoms with Crippen LogP contribution in [0.15, 0.2) is 24.3 Å². The number of esters is 1. The highest BCUT2D eigenvalue weighted by molar-refractivity contribution is 6.30. The van der Waals surface area contributed by atoms with Crippen LogP contribution >= 0.6 is 11.6 Å². The summed E-state index contributed by atoms with van der Waals surface area (Å²) < 4.78 is 9.15. The minimum absolute atomic E-state index is 0.169. The van der Waals surface area contributed by atoms with Crippen molar-refractivity contribution in [2.45, 2.75) is 12.3 Å². The fraction of sp³-hybridized carbons (Fsp3) is 0.385. The number of rotatable bonds is 5. The van der Waals surface area contributed by atoms with Crippen molar-refractivity contribution in [1.82, 2.24) is 5.32 Å². The SMILES string of the molecule is COC(=O)C[C@H](CNC(=O)OC)c1ccc(Cl)cc1. The molecule has 0 spiro atoms. The van der Waals surface area contributed by atoms with Crippen LogP contribution in [-0.4, -0.2) is 32.8 Å². The number of ether oxygens (including phenoxy) is 2. The Morgan fingerprint density at radius 1 is 1.21 bits per heavy atom. The molecule has 0 aliphatic heterocycles. The number of halogens is 1. The molecule has 1 N–H and O–H groups in total. The van der Waals surface area contributed by atoms with E-state index >= 15 is 0 Å². The molecule has 1 aromatic carbocycles. The van der Waals surface area contributed by atoms with Crippen LogP contribution in [0.4, 0.5) is 4.79 Å². The van der Waals surface area contributed by atoms with E-state index in [0.717, 1.165) is 5.56 Å². The summed E-state index contributed by atoms with van der Waals surface area (Å²) >= 11 is 5.82. The number of hydrogen-bond acceptors (Lipinski definition) is 4. The Morgan fingerprint density at radius 2 is 1.84 bits per heavy atom. The monoisotopic (exact) mass is 285 g/mol. The number of nitrogens with one attached hydrogen (secondary N) is 1. The second-order valence-corrected chi connectivity index (χ2v) is 4.34. The lowest BCUT2D eigenvalue weighted by Crippen LogP contribution is -2.29. The Kier molecular flexibility index (Phi) is 6.15. The highest BCUT2D eigenvalue weighted by Gasteiger charge is 2.17. The van der Waals surface area contributed by atoms with Crippen molar-refractivity contribution in [1.29, 1.82) is 0 Å². The first-order chi connectivity index (χ1) is 9.06. The van der Waals surface area contributed by atoms with Crippen LogP contribution < -0.4 is 5.32 Å². The van der Waals surface area contributed by atoms with Gasteiger partial charge in [0.25, 0.3) is 0 Å². The van der Waals surface area contributed by atoms with Crippen LogP contribution in [0.25, 0.3) is 0 Å². The topological polar surface area (TPSA) is 64.6 Å².